The zero-order valence-corrected chi connectivity index (χ0v) is 13.6. The minimum atomic E-state index is -0.0989. The molecule has 1 saturated heterocycles. The highest BCUT2D eigenvalue weighted by Gasteiger charge is 2.26. The number of guanidine groups is 1. The third-order valence-corrected chi connectivity index (χ3v) is 4.10. The third kappa shape index (κ3) is 3.99. The van der Waals surface area contributed by atoms with Gasteiger partial charge in [0.1, 0.15) is 5.82 Å². The number of hydrogen-bond donors (Lipinski definition) is 1. The van der Waals surface area contributed by atoms with Crippen molar-refractivity contribution in [3.63, 3.8) is 0 Å². The molecule has 7 nitrogen and oxygen atoms in total. The molecule has 0 bridgehead atoms. The zero-order valence-electron chi connectivity index (χ0n) is 13.6. The van der Waals surface area contributed by atoms with Crippen molar-refractivity contribution in [2.75, 3.05) is 33.8 Å². The first kappa shape index (κ1) is 16.3. The standard InChI is InChI=1S/C15H25N5O2/c1-12-17-6-10-19(12)11-7-18-15(16-2)20-8-4-13(5-9-20)14(21)22-3/h6,10,13H,4-5,7-9,11H2,1-3H3,(H,16,18). The van der Waals surface area contributed by atoms with Gasteiger partial charge in [0.25, 0.3) is 0 Å². The minimum Gasteiger partial charge on any atom is -0.469 e. The van der Waals surface area contributed by atoms with E-state index < -0.39 is 0 Å². The number of rotatable bonds is 4. The molecule has 1 aliphatic rings. The fraction of sp³-hybridized carbons (Fsp3) is 0.667. The van der Waals surface area contributed by atoms with Crippen LogP contribution in [-0.2, 0) is 16.1 Å². The fourth-order valence-corrected chi connectivity index (χ4v) is 2.75. The van der Waals surface area contributed by atoms with E-state index in [1.54, 1.807) is 7.05 Å². The second-order valence-corrected chi connectivity index (χ2v) is 5.43. The van der Waals surface area contributed by atoms with Gasteiger partial charge in [-0.25, -0.2) is 4.98 Å². The third-order valence-electron chi connectivity index (χ3n) is 4.10. The Balaban J connectivity index is 1.78. The Labute approximate surface area is 131 Å². The molecular formula is C15H25N5O2. The van der Waals surface area contributed by atoms with Crippen LogP contribution in [0.5, 0.6) is 0 Å². The number of nitrogens with zero attached hydrogens (tertiary/aromatic N) is 4. The SMILES string of the molecule is CN=C(NCCn1ccnc1C)N1CCC(C(=O)OC)CC1. The summed E-state index contributed by atoms with van der Waals surface area (Å²) in [7, 11) is 3.24. The molecular weight excluding hydrogens is 282 g/mol. The van der Waals surface area contributed by atoms with E-state index >= 15 is 0 Å². The largest absolute Gasteiger partial charge is 0.469 e. The van der Waals surface area contributed by atoms with Crippen LogP contribution >= 0.6 is 0 Å². The van der Waals surface area contributed by atoms with Crippen LogP contribution in [0.1, 0.15) is 18.7 Å². The number of carbonyl (C=O) groups is 1. The summed E-state index contributed by atoms with van der Waals surface area (Å²) < 4.78 is 6.92. The Morgan fingerprint density at radius 3 is 2.77 bits per heavy atom. The number of aryl methyl sites for hydroxylation is 1. The Morgan fingerprint density at radius 1 is 1.50 bits per heavy atom. The van der Waals surface area contributed by atoms with Gasteiger partial charge in [-0.15, -0.1) is 0 Å². The molecule has 2 heterocycles. The number of hydrogen-bond acceptors (Lipinski definition) is 4. The van der Waals surface area contributed by atoms with Crippen molar-refractivity contribution >= 4 is 11.9 Å². The van der Waals surface area contributed by atoms with Crippen LogP contribution < -0.4 is 5.32 Å². The van der Waals surface area contributed by atoms with Crippen LogP contribution in [0.2, 0.25) is 0 Å². The van der Waals surface area contributed by atoms with Crippen molar-refractivity contribution in [2.45, 2.75) is 26.3 Å². The molecule has 0 atom stereocenters. The maximum Gasteiger partial charge on any atom is 0.308 e. The minimum absolute atomic E-state index is 0.0213. The number of piperidine rings is 1. The maximum absolute atomic E-state index is 11.6. The van der Waals surface area contributed by atoms with Gasteiger partial charge in [0, 0.05) is 45.6 Å². The summed E-state index contributed by atoms with van der Waals surface area (Å²) in [4.78, 5) is 22.3. The van der Waals surface area contributed by atoms with Gasteiger partial charge >= 0.3 is 5.97 Å². The number of likely N-dealkylation sites (tertiary alicyclic amines) is 1. The van der Waals surface area contributed by atoms with Crippen molar-refractivity contribution < 1.29 is 9.53 Å². The van der Waals surface area contributed by atoms with Gasteiger partial charge < -0.3 is 19.5 Å². The van der Waals surface area contributed by atoms with E-state index in [-0.39, 0.29) is 11.9 Å². The molecule has 2 rings (SSSR count). The van der Waals surface area contributed by atoms with Gasteiger partial charge in [-0.05, 0) is 19.8 Å². The van der Waals surface area contributed by atoms with Crippen molar-refractivity contribution in [2.24, 2.45) is 10.9 Å². The highest BCUT2D eigenvalue weighted by Crippen LogP contribution is 2.18. The lowest BCUT2D eigenvalue weighted by Crippen LogP contribution is -2.47. The van der Waals surface area contributed by atoms with Gasteiger partial charge in [-0.2, -0.15) is 0 Å². The van der Waals surface area contributed by atoms with Gasteiger partial charge in [-0.1, -0.05) is 0 Å². The number of carbonyl (C=O) groups excluding carboxylic acids is 1. The van der Waals surface area contributed by atoms with Crippen LogP contribution in [0.4, 0.5) is 0 Å². The zero-order chi connectivity index (χ0) is 15.9. The normalized spacial score (nSPS) is 16.7. The predicted octanol–water partition coefficient (Wildman–Crippen LogP) is 0.652. The molecule has 0 spiro atoms. The van der Waals surface area contributed by atoms with E-state index in [0.29, 0.717) is 0 Å². The number of ether oxygens (including phenoxy) is 1. The molecule has 22 heavy (non-hydrogen) atoms. The molecule has 122 valence electrons. The summed E-state index contributed by atoms with van der Waals surface area (Å²) in [6.45, 7) is 5.28. The van der Waals surface area contributed by atoms with Crippen LogP contribution in [0.25, 0.3) is 0 Å². The molecule has 1 fully saturated rings. The average molecular weight is 307 g/mol. The predicted molar refractivity (Wildman–Crippen MR) is 84.6 cm³/mol. The quantitative estimate of drug-likeness (QED) is 0.502. The summed E-state index contributed by atoms with van der Waals surface area (Å²) in [5, 5.41) is 3.37. The lowest BCUT2D eigenvalue weighted by Gasteiger charge is -2.33. The highest BCUT2D eigenvalue weighted by atomic mass is 16.5. The summed E-state index contributed by atoms with van der Waals surface area (Å²) in [6.07, 6.45) is 5.41. The Morgan fingerprint density at radius 2 is 2.23 bits per heavy atom. The van der Waals surface area contributed by atoms with Crippen molar-refractivity contribution in [1.29, 1.82) is 0 Å². The fourth-order valence-electron chi connectivity index (χ4n) is 2.75. The molecule has 1 aromatic heterocycles. The summed E-state index contributed by atoms with van der Waals surface area (Å²) in [5.41, 5.74) is 0. The topological polar surface area (TPSA) is 71.8 Å². The smallest absolute Gasteiger partial charge is 0.308 e. The van der Waals surface area contributed by atoms with Crippen LogP contribution in [0, 0.1) is 12.8 Å². The number of aliphatic imine (C=N–C) groups is 1. The molecule has 0 saturated carbocycles. The Bertz CT molecular complexity index is 518. The molecule has 0 amide bonds. The molecule has 1 aliphatic heterocycles. The first-order valence-electron chi connectivity index (χ1n) is 7.67. The van der Waals surface area contributed by atoms with E-state index in [0.717, 1.165) is 50.8 Å². The lowest BCUT2D eigenvalue weighted by molar-refractivity contribution is -0.146. The summed E-state index contributed by atoms with van der Waals surface area (Å²) >= 11 is 0. The highest BCUT2D eigenvalue weighted by molar-refractivity contribution is 5.80. The maximum atomic E-state index is 11.6. The first-order chi connectivity index (χ1) is 10.7. The van der Waals surface area contributed by atoms with Gasteiger partial charge in [-0.3, -0.25) is 9.79 Å². The molecule has 0 aromatic carbocycles. The summed E-state index contributed by atoms with van der Waals surface area (Å²) in [6, 6.07) is 0. The number of esters is 1. The van der Waals surface area contributed by atoms with E-state index in [4.69, 9.17) is 4.74 Å². The van der Waals surface area contributed by atoms with Gasteiger partial charge in [0.15, 0.2) is 5.96 Å². The molecule has 1 N–H and O–H groups in total. The second kappa shape index (κ2) is 7.82. The van der Waals surface area contributed by atoms with Crippen molar-refractivity contribution in [1.82, 2.24) is 19.8 Å². The van der Waals surface area contributed by atoms with Crippen molar-refractivity contribution in [3.8, 4) is 0 Å². The van der Waals surface area contributed by atoms with E-state index in [9.17, 15) is 4.79 Å². The van der Waals surface area contributed by atoms with Crippen molar-refractivity contribution in [3.05, 3.63) is 18.2 Å². The molecule has 0 radical (unpaired) electrons. The monoisotopic (exact) mass is 307 g/mol. The molecule has 1 aromatic rings. The molecule has 7 heteroatoms. The number of imidazole rings is 1. The number of aromatic nitrogens is 2. The Kier molecular flexibility index (Phi) is 5.80. The number of methoxy groups -OCH3 is 1. The second-order valence-electron chi connectivity index (χ2n) is 5.43. The van der Waals surface area contributed by atoms with E-state index in [1.165, 1.54) is 7.11 Å². The Hall–Kier alpha value is -2.05. The first-order valence-corrected chi connectivity index (χ1v) is 7.67. The van der Waals surface area contributed by atoms with E-state index in [2.05, 4.69) is 24.8 Å². The average Bonchev–Trinajstić information content (AvgIpc) is 2.96. The van der Waals surface area contributed by atoms with E-state index in [1.807, 2.05) is 19.3 Å². The van der Waals surface area contributed by atoms with Gasteiger partial charge in [0.2, 0.25) is 0 Å². The summed E-state index contributed by atoms with van der Waals surface area (Å²) in [5.74, 6) is 1.82. The lowest BCUT2D eigenvalue weighted by atomic mass is 9.97. The number of nitrogens with one attached hydrogen (secondary N) is 1. The van der Waals surface area contributed by atoms with Crippen LogP contribution in [-0.4, -0.2) is 60.2 Å². The molecule has 0 aliphatic carbocycles. The van der Waals surface area contributed by atoms with Gasteiger partial charge in [0.05, 0.1) is 13.0 Å². The van der Waals surface area contributed by atoms with Crippen LogP contribution in [0.3, 0.4) is 0 Å². The van der Waals surface area contributed by atoms with Crippen LogP contribution in [0.15, 0.2) is 17.4 Å². The molecule has 0 unspecified atom stereocenters.